The first-order chi connectivity index (χ1) is 13.0. The van der Waals surface area contributed by atoms with Crippen LogP contribution in [0, 0.1) is 11.8 Å². The molecule has 0 radical (unpaired) electrons. The maximum atomic E-state index is 12.3. The number of rotatable bonds is 15. The molecule has 0 aromatic carbocycles. The van der Waals surface area contributed by atoms with Gasteiger partial charge in [0.15, 0.2) is 0 Å². The van der Waals surface area contributed by atoms with Crippen LogP contribution in [0.5, 0.6) is 0 Å². The second kappa shape index (κ2) is 17.5. The lowest BCUT2D eigenvalue weighted by Crippen LogP contribution is -2.07. The minimum atomic E-state index is -1.32. The summed E-state index contributed by atoms with van der Waals surface area (Å²) >= 11 is 0. The monoisotopic (exact) mass is 402 g/mol. The summed E-state index contributed by atoms with van der Waals surface area (Å²) < 4.78 is 21.7. The molecule has 0 aliphatic carbocycles. The van der Waals surface area contributed by atoms with E-state index >= 15 is 0 Å². The van der Waals surface area contributed by atoms with Gasteiger partial charge < -0.3 is 14.0 Å². The highest BCUT2D eigenvalue weighted by Crippen LogP contribution is 2.33. The number of hydrogen-bond donors (Lipinski definition) is 0. The summed E-state index contributed by atoms with van der Waals surface area (Å²) in [5.74, 6) is 1.06. The molecule has 1 heterocycles. The van der Waals surface area contributed by atoms with Gasteiger partial charge in [0.2, 0.25) is 0 Å². The fraction of sp³-hybridized carbons (Fsp3) is 0.864. The molecule has 160 valence electrons. The van der Waals surface area contributed by atoms with Gasteiger partial charge in [0.1, 0.15) is 12.7 Å². The SMILES string of the molecule is C=CC(=O)OCC1CO1.CCCCC(CC)C[PH](=O)CC(CC)CCCC. The highest BCUT2D eigenvalue weighted by molar-refractivity contribution is 7.44. The number of carbonyl (C=O) groups is 1. The van der Waals surface area contributed by atoms with E-state index in [4.69, 9.17) is 4.74 Å². The van der Waals surface area contributed by atoms with Gasteiger partial charge in [0.25, 0.3) is 0 Å². The summed E-state index contributed by atoms with van der Waals surface area (Å²) in [6, 6.07) is 0. The third kappa shape index (κ3) is 16.1. The van der Waals surface area contributed by atoms with Gasteiger partial charge in [0.05, 0.1) is 14.4 Å². The Morgan fingerprint density at radius 2 is 1.59 bits per heavy atom. The molecular weight excluding hydrogens is 359 g/mol. The molecule has 0 bridgehead atoms. The number of ether oxygens (including phenoxy) is 2. The number of epoxide rings is 1. The normalized spacial score (nSPS) is 18.6. The van der Waals surface area contributed by atoms with Crippen molar-refractivity contribution >= 4 is 13.8 Å². The van der Waals surface area contributed by atoms with Crippen molar-refractivity contribution in [1.82, 2.24) is 0 Å². The molecule has 0 spiro atoms. The molecule has 0 aromatic rings. The van der Waals surface area contributed by atoms with E-state index in [1.54, 1.807) is 0 Å². The van der Waals surface area contributed by atoms with Crippen LogP contribution in [0.25, 0.3) is 0 Å². The van der Waals surface area contributed by atoms with E-state index in [0.29, 0.717) is 13.2 Å². The lowest BCUT2D eigenvalue weighted by Gasteiger charge is -2.18. The van der Waals surface area contributed by atoms with Crippen molar-refractivity contribution in [3.05, 3.63) is 12.7 Å². The Morgan fingerprint density at radius 1 is 1.11 bits per heavy atom. The van der Waals surface area contributed by atoms with E-state index in [1.165, 1.54) is 51.4 Å². The average molecular weight is 403 g/mol. The highest BCUT2D eigenvalue weighted by Gasteiger charge is 2.23. The smallest absolute Gasteiger partial charge is 0.330 e. The molecule has 1 aliphatic heterocycles. The van der Waals surface area contributed by atoms with E-state index in [1.807, 2.05) is 0 Å². The van der Waals surface area contributed by atoms with Crippen LogP contribution in [0.3, 0.4) is 0 Å². The second-order valence-corrected chi connectivity index (χ2v) is 9.46. The molecule has 1 fully saturated rings. The van der Waals surface area contributed by atoms with Crippen LogP contribution in [0.4, 0.5) is 0 Å². The van der Waals surface area contributed by atoms with E-state index in [9.17, 15) is 9.36 Å². The van der Waals surface area contributed by atoms with Gasteiger partial charge in [-0.05, 0) is 11.8 Å². The van der Waals surface area contributed by atoms with Gasteiger partial charge in [-0.25, -0.2) is 4.79 Å². The highest BCUT2D eigenvalue weighted by atomic mass is 31.1. The first-order valence-electron chi connectivity index (χ1n) is 10.9. The summed E-state index contributed by atoms with van der Waals surface area (Å²) in [5, 5.41) is 0. The van der Waals surface area contributed by atoms with E-state index in [-0.39, 0.29) is 12.1 Å². The van der Waals surface area contributed by atoms with Crippen LogP contribution in [-0.4, -0.2) is 37.6 Å². The Morgan fingerprint density at radius 3 is 1.93 bits per heavy atom. The van der Waals surface area contributed by atoms with E-state index in [2.05, 4.69) is 39.0 Å². The van der Waals surface area contributed by atoms with Gasteiger partial charge in [-0.1, -0.05) is 85.6 Å². The van der Waals surface area contributed by atoms with E-state index < -0.39 is 7.80 Å². The minimum absolute atomic E-state index is 0.147. The van der Waals surface area contributed by atoms with Gasteiger partial charge in [-0.2, -0.15) is 0 Å². The third-order valence-corrected chi connectivity index (χ3v) is 7.17. The number of esters is 1. The van der Waals surface area contributed by atoms with Crippen molar-refractivity contribution in [2.24, 2.45) is 11.8 Å². The molecule has 1 rings (SSSR count). The molecule has 0 aromatic heterocycles. The molecule has 0 N–H and O–H groups in total. The first-order valence-corrected chi connectivity index (χ1v) is 12.7. The summed E-state index contributed by atoms with van der Waals surface area (Å²) in [4.78, 5) is 10.3. The van der Waals surface area contributed by atoms with Crippen molar-refractivity contribution in [3.8, 4) is 0 Å². The molecule has 3 atom stereocenters. The quantitative estimate of drug-likeness (QED) is 0.144. The summed E-state index contributed by atoms with van der Waals surface area (Å²) in [6.45, 7) is 13.3. The zero-order valence-corrected chi connectivity index (χ0v) is 19.1. The molecule has 0 saturated carbocycles. The summed E-state index contributed by atoms with van der Waals surface area (Å²) in [5.41, 5.74) is 0. The Hall–Kier alpha value is -0.600. The van der Waals surface area contributed by atoms with Crippen LogP contribution < -0.4 is 0 Å². The number of carbonyl (C=O) groups excluding carboxylic acids is 1. The topological polar surface area (TPSA) is 55.9 Å². The van der Waals surface area contributed by atoms with Crippen molar-refractivity contribution in [2.75, 3.05) is 25.5 Å². The van der Waals surface area contributed by atoms with Crippen molar-refractivity contribution in [1.29, 1.82) is 0 Å². The lowest BCUT2D eigenvalue weighted by atomic mass is 10.0. The van der Waals surface area contributed by atoms with Gasteiger partial charge in [-0.3, -0.25) is 0 Å². The predicted molar refractivity (Wildman–Crippen MR) is 116 cm³/mol. The summed E-state index contributed by atoms with van der Waals surface area (Å²) in [7, 11) is -1.32. The zero-order valence-electron chi connectivity index (χ0n) is 18.1. The Labute approximate surface area is 168 Å². The Bertz CT molecular complexity index is 387. The standard InChI is InChI=1S/C16H35OP.C6H8O3/c1-5-9-11-15(7-3)13-18(17)14-16(8-4)12-10-6-2;1-2-6(7)9-4-5-3-8-5/h15-16,18H,5-14H2,1-4H3;2,5H,1,3-4H2. The molecule has 1 aliphatic rings. The molecular formula is C22H43O4P. The fourth-order valence-electron chi connectivity index (χ4n) is 3.01. The molecule has 27 heavy (non-hydrogen) atoms. The summed E-state index contributed by atoms with van der Waals surface area (Å²) in [6.07, 6.45) is 13.5. The fourth-order valence-corrected chi connectivity index (χ4v) is 5.45. The van der Waals surface area contributed by atoms with Gasteiger partial charge in [0, 0.05) is 18.4 Å². The third-order valence-electron chi connectivity index (χ3n) is 5.10. The Kier molecular flexibility index (Phi) is 17.1. The van der Waals surface area contributed by atoms with Crippen LogP contribution in [0.15, 0.2) is 12.7 Å². The zero-order chi connectivity index (χ0) is 20.5. The van der Waals surface area contributed by atoms with Gasteiger partial charge in [-0.15, -0.1) is 0 Å². The second-order valence-electron chi connectivity index (χ2n) is 7.57. The number of unbranched alkanes of at least 4 members (excludes halogenated alkanes) is 2. The minimum Gasteiger partial charge on any atom is -0.460 e. The predicted octanol–water partition coefficient (Wildman–Crippen LogP) is 6.09. The first kappa shape index (κ1) is 26.4. The lowest BCUT2D eigenvalue weighted by molar-refractivity contribution is -0.138. The Balaban J connectivity index is 0.000000621. The van der Waals surface area contributed by atoms with E-state index in [0.717, 1.165) is 30.2 Å². The van der Waals surface area contributed by atoms with Crippen molar-refractivity contribution in [2.45, 2.75) is 85.2 Å². The molecule has 5 heteroatoms. The maximum absolute atomic E-state index is 12.3. The van der Waals surface area contributed by atoms with Crippen LogP contribution in [0.2, 0.25) is 0 Å². The molecule has 1 saturated heterocycles. The van der Waals surface area contributed by atoms with Crippen LogP contribution in [0.1, 0.15) is 79.1 Å². The van der Waals surface area contributed by atoms with Gasteiger partial charge >= 0.3 is 5.97 Å². The largest absolute Gasteiger partial charge is 0.460 e. The molecule has 0 amide bonds. The number of hydrogen-bond acceptors (Lipinski definition) is 4. The molecule has 3 unspecified atom stereocenters. The maximum Gasteiger partial charge on any atom is 0.330 e. The average Bonchev–Trinajstić information content (AvgIpc) is 3.51. The van der Waals surface area contributed by atoms with Crippen LogP contribution in [-0.2, 0) is 18.8 Å². The van der Waals surface area contributed by atoms with Crippen molar-refractivity contribution in [3.63, 3.8) is 0 Å². The van der Waals surface area contributed by atoms with Crippen LogP contribution >= 0.6 is 7.80 Å². The molecule has 4 nitrogen and oxygen atoms in total. The van der Waals surface area contributed by atoms with Crippen molar-refractivity contribution < 1.29 is 18.8 Å².